The van der Waals surface area contributed by atoms with Crippen molar-refractivity contribution in [3.8, 4) is 6.07 Å². The normalized spacial score (nSPS) is 23.5. The zero-order valence-electron chi connectivity index (χ0n) is 13.1. The summed E-state index contributed by atoms with van der Waals surface area (Å²) in [5.41, 5.74) is 0.707. The van der Waals surface area contributed by atoms with Crippen LogP contribution in [0.25, 0.3) is 0 Å². The molecule has 22 heavy (non-hydrogen) atoms. The number of nitrogens with zero attached hydrogens (tertiary/aromatic N) is 3. The molecule has 0 bridgehead atoms. The number of hydrogen-bond donors (Lipinski definition) is 1. The second-order valence-electron chi connectivity index (χ2n) is 6.65. The van der Waals surface area contributed by atoms with Crippen LogP contribution in [0.1, 0.15) is 37.3 Å². The summed E-state index contributed by atoms with van der Waals surface area (Å²) in [6, 6.07) is 12.4. The monoisotopic (exact) mass is 299 g/mol. The predicted molar refractivity (Wildman–Crippen MR) is 86.2 cm³/mol. The molecule has 1 aliphatic carbocycles. The number of benzene rings is 1. The molecule has 3 rings (SSSR count). The van der Waals surface area contributed by atoms with Crippen molar-refractivity contribution in [3.63, 3.8) is 0 Å². The van der Waals surface area contributed by atoms with E-state index in [0.717, 1.165) is 57.5 Å². The first-order chi connectivity index (χ1) is 10.7. The molecule has 2 aliphatic rings. The molecule has 2 fully saturated rings. The Morgan fingerprint density at radius 3 is 2.36 bits per heavy atom. The molecule has 1 aromatic carbocycles. The van der Waals surface area contributed by atoms with E-state index in [1.165, 1.54) is 6.42 Å². The lowest BCUT2D eigenvalue weighted by atomic mass is 9.78. The molecule has 0 spiro atoms. The summed E-state index contributed by atoms with van der Waals surface area (Å²) in [6.45, 7) is 4.80. The van der Waals surface area contributed by atoms with Crippen LogP contribution in [-0.4, -0.2) is 53.2 Å². The first-order valence-corrected chi connectivity index (χ1v) is 8.34. The fraction of sp³-hybridized carbons (Fsp3) is 0.611. The fourth-order valence-corrected chi connectivity index (χ4v) is 3.45. The maximum absolute atomic E-state index is 10.2. The highest BCUT2D eigenvalue weighted by atomic mass is 16.3. The standard InChI is InChI=1S/C18H25N3O/c19-15-17(16-5-2-1-3-6-16)21-13-11-20(12-14-21)10-9-18(22)7-4-8-18/h1-3,5-6,17,22H,4,7-14H2. The Kier molecular flexibility index (Phi) is 4.77. The van der Waals surface area contributed by atoms with E-state index >= 15 is 0 Å². The third-order valence-electron chi connectivity index (χ3n) is 5.19. The van der Waals surface area contributed by atoms with Crippen molar-refractivity contribution in [3.05, 3.63) is 35.9 Å². The Balaban J connectivity index is 1.49. The second-order valence-corrected chi connectivity index (χ2v) is 6.65. The first-order valence-electron chi connectivity index (χ1n) is 8.34. The van der Waals surface area contributed by atoms with E-state index in [4.69, 9.17) is 0 Å². The van der Waals surface area contributed by atoms with Gasteiger partial charge in [-0.1, -0.05) is 30.3 Å². The average Bonchev–Trinajstić information content (AvgIpc) is 2.54. The summed E-state index contributed by atoms with van der Waals surface area (Å²) in [5.74, 6) is 0. The SMILES string of the molecule is N#CC(c1ccccc1)N1CCN(CCC2(O)CCC2)CC1. The molecule has 1 unspecified atom stereocenters. The van der Waals surface area contributed by atoms with Crippen LogP contribution in [-0.2, 0) is 0 Å². The van der Waals surface area contributed by atoms with Gasteiger partial charge in [-0.25, -0.2) is 0 Å². The van der Waals surface area contributed by atoms with Crippen molar-refractivity contribution in [1.82, 2.24) is 9.80 Å². The molecule has 118 valence electrons. The molecule has 1 aromatic rings. The lowest BCUT2D eigenvalue weighted by Crippen LogP contribution is -2.49. The van der Waals surface area contributed by atoms with Crippen LogP contribution < -0.4 is 0 Å². The quantitative estimate of drug-likeness (QED) is 0.905. The zero-order valence-corrected chi connectivity index (χ0v) is 13.1. The van der Waals surface area contributed by atoms with Gasteiger partial charge in [-0.3, -0.25) is 4.90 Å². The smallest absolute Gasteiger partial charge is 0.123 e. The van der Waals surface area contributed by atoms with E-state index in [1.54, 1.807) is 0 Å². The van der Waals surface area contributed by atoms with Crippen molar-refractivity contribution < 1.29 is 5.11 Å². The van der Waals surface area contributed by atoms with Gasteiger partial charge in [0.2, 0.25) is 0 Å². The molecule has 1 heterocycles. The van der Waals surface area contributed by atoms with Gasteiger partial charge in [0.15, 0.2) is 0 Å². The molecule has 1 saturated carbocycles. The predicted octanol–water partition coefficient (Wildman–Crippen LogP) is 2.17. The maximum Gasteiger partial charge on any atom is 0.123 e. The topological polar surface area (TPSA) is 50.5 Å². The third-order valence-corrected chi connectivity index (χ3v) is 5.19. The minimum Gasteiger partial charge on any atom is -0.390 e. The summed E-state index contributed by atoms with van der Waals surface area (Å²) in [7, 11) is 0. The molecular weight excluding hydrogens is 274 g/mol. The summed E-state index contributed by atoms with van der Waals surface area (Å²) in [6.07, 6.45) is 4.01. The van der Waals surface area contributed by atoms with Crippen molar-refractivity contribution in [2.24, 2.45) is 0 Å². The molecule has 0 aromatic heterocycles. The number of hydrogen-bond acceptors (Lipinski definition) is 4. The van der Waals surface area contributed by atoms with Gasteiger partial charge in [0, 0.05) is 32.7 Å². The summed E-state index contributed by atoms with van der Waals surface area (Å²) < 4.78 is 0. The largest absolute Gasteiger partial charge is 0.390 e. The van der Waals surface area contributed by atoms with E-state index in [0.29, 0.717) is 0 Å². The number of nitriles is 1. The van der Waals surface area contributed by atoms with Crippen LogP contribution >= 0.6 is 0 Å². The van der Waals surface area contributed by atoms with Crippen molar-refractivity contribution in [2.45, 2.75) is 37.3 Å². The maximum atomic E-state index is 10.2. The molecule has 1 atom stereocenters. The van der Waals surface area contributed by atoms with Gasteiger partial charge in [0.25, 0.3) is 0 Å². The van der Waals surface area contributed by atoms with Crippen molar-refractivity contribution >= 4 is 0 Å². The van der Waals surface area contributed by atoms with Crippen LogP contribution in [0.2, 0.25) is 0 Å². The van der Waals surface area contributed by atoms with Crippen molar-refractivity contribution in [2.75, 3.05) is 32.7 Å². The van der Waals surface area contributed by atoms with Gasteiger partial charge in [0.1, 0.15) is 6.04 Å². The minimum atomic E-state index is -0.379. The molecule has 1 saturated heterocycles. The minimum absolute atomic E-state index is 0.140. The van der Waals surface area contributed by atoms with Gasteiger partial charge in [-0.05, 0) is 31.2 Å². The highest BCUT2D eigenvalue weighted by Crippen LogP contribution is 2.34. The van der Waals surface area contributed by atoms with E-state index in [-0.39, 0.29) is 11.6 Å². The lowest BCUT2D eigenvalue weighted by Gasteiger charge is -2.41. The van der Waals surface area contributed by atoms with E-state index in [9.17, 15) is 10.4 Å². The fourth-order valence-electron chi connectivity index (χ4n) is 3.45. The molecular formula is C18H25N3O. The van der Waals surface area contributed by atoms with Crippen LogP contribution in [0.5, 0.6) is 0 Å². The Labute approximate surface area is 133 Å². The molecule has 4 nitrogen and oxygen atoms in total. The summed E-state index contributed by atoms with van der Waals surface area (Å²) in [5, 5.41) is 19.7. The summed E-state index contributed by atoms with van der Waals surface area (Å²) >= 11 is 0. The first kappa shape index (κ1) is 15.5. The highest BCUT2D eigenvalue weighted by Gasteiger charge is 2.34. The average molecular weight is 299 g/mol. The van der Waals surface area contributed by atoms with Gasteiger partial charge in [-0.15, -0.1) is 0 Å². The van der Waals surface area contributed by atoms with Crippen LogP contribution in [0.15, 0.2) is 30.3 Å². The van der Waals surface area contributed by atoms with E-state index in [2.05, 4.69) is 15.9 Å². The van der Waals surface area contributed by atoms with E-state index in [1.807, 2.05) is 30.3 Å². The highest BCUT2D eigenvalue weighted by molar-refractivity contribution is 5.24. The lowest BCUT2D eigenvalue weighted by molar-refractivity contribution is -0.0488. The van der Waals surface area contributed by atoms with Gasteiger partial charge >= 0.3 is 0 Å². The number of rotatable bonds is 5. The van der Waals surface area contributed by atoms with Gasteiger partial charge < -0.3 is 10.0 Å². The Hall–Kier alpha value is -1.41. The van der Waals surface area contributed by atoms with Gasteiger partial charge in [0.05, 0.1) is 11.7 Å². The van der Waals surface area contributed by atoms with Crippen LogP contribution in [0, 0.1) is 11.3 Å². The number of aliphatic hydroxyl groups is 1. The molecule has 0 amide bonds. The Bertz CT molecular complexity index is 513. The Morgan fingerprint density at radius 2 is 1.82 bits per heavy atom. The van der Waals surface area contributed by atoms with Crippen molar-refractivity contribution in [1.29, 1.82) is 5.26 Å². The molecule has 4 heteroatoms. The third kappa shape index (κ3) is 3.49. The zero-order chi connectivity index (χ0) is 15.4. The van der Waals surface area contributed by atoms with Crippen LogP contribution in [0.3, 0.4) is 0 Å². The molecule has 0 radical (unpaired) electrons. The molecule has 1 N–H and O–H groups in total. The van der Waals surface area contributed by atoms with Gasteiger partial charge in [-0.2, -0.15) is 5.26 Å². The van der Waals surface area contributed by atoms with Crippen LogP contribution in [0.4, 0.5) is 0 Å². The second kappa shape index (κ2) is 6.78. The Morgan fingerprint density at radius 1 is 1.14 bits per heavy atom. The summed E-state index contributed by atoms with van der Waals surface area (Å²) in [4.78, 5) is 4.69. The number of piperazine rings is 1. The van der Waals surface area contributed by atoms with E-state index < -0.39 is 0 Å². The molecule has 1 aliphatic heterocycles.